The number of nitrogens with zero attached hydrogens (tertiary/aromatic N) is 3. The number of carbonyl (C=O) groups excluding carboxylic acids is 1. The average Bonchev–Trinajstić information content (AvgIpc) is 3.31. The van der Waals surface area contributed by atoms with Gasteiger partial charge in [0.05, 0.1) is 17.2 Å². The van der Waals surface area contributed by atoms with Crippen LogP contribution in [0, 0.1) is 5.82 Å². The fourth-order valence-corrected chi connectivity index (χ4v) is 4.93. The number of benzene rings is 2. The lowest BCUT2D eigenvalue weighted by Crippen LogP contribution is -2.34. The van der Waals surface area contributed by atoms with Crippen molar-refractivity contribution < 1.29 is 13.9 Å². The molecule has 0 saturated carbocycles. The molecule has 1 amide bonds. The first kappa shape index (κ1) is 22.2. The van der Waals surface area contributed by atoms with Gasteiger partial charge < -0.3 is 4.74 Å². The first-order valence-corrected chi connectivity index (χ1v) is 11.5. The number of amides is 1. The summed E-state index contributed by atoms with van der Waals surface area (Å²) in [6.07, 6.45) is 3.61. The van der Waals surface area contributed by atoms with Crippen LogP contribution in [0.2, 0.25) is 0 Å². The molecule has 1 aromatic heterocycles. The van der Waals surface area contributed by atoms with Crippen LogP contribution < -0.4 is 4.74 Å². The van der Waals surface area contributed by atoms with E-state index in [0.29, 0.717) is 32.7 Å². The molecule has 0 unspecified atom stereocenters. The zero-order chi connectivity index (χ0) is 22.8. The minimum atomic E-state index is -0.462. The summed E-state index contributed by atoms with van der Waals surface area (Å²) in [5.41, 5.74) is 2.70. The highest BCUT2D eigenvalue weighted by molar-refractivity contribution is 8.26. The van der Waals surface area contributed by atoms with E-state index in [2.05, 4.69) is 0 Å². The van der Waals surface area contributed by atoms with Crippen molar-refractivity contribution in [1.82, 2.24) is 14.7 Å². The smallest absolute Gasteiger partial charge is 0.266 e. The van der Waals surface area contributed by atoms with Gasteiger partial charge in [-0.3, -0.25) is 9.69 Å². The van der Waals surface area contributed by atoms with Crippen LogP contribution in [0.15, 0.2) is 59.6 Å². The van der Waals surface area contributed by atoms with Gasteiger partial charge in [0.2, 0.25) is 0 Å². The Bertz CT molecular complexity index is 1210. The predicted molar refractivity (Wildman–Crippen MR) is 130 cm³/mol. The molecular weight excluding hydrogens is 445 g/mol. The molecule has 4 rings (SSSR count). The Morgan fingerprint density at radius 3 is 2.59 bits per heavy atom. The zero-order valence-electron chi connectivity index (χ0n) is 17.9. The summed E-state index contributed by atoms with van der Waals surface area (Å²) in [5, 5.41) is 4.71. The minimum absolute atomic E-state index is 0.0277. The van der Waals surface area contributed by atoms with Crippen LogP contribution in [-0.4, -0.2) is 37.6 Å². The van der Waals surface area contributed by atoms with Crippen molar-refractivity contribution in [3.05, 3.63) is 71.0 Å². The molecule has 0 radical (unpaired) electrons. The standard InChI is InChI=1S/C24H22FN3O2S2/c1-4-30-20-11-10-16(12-19(20)25)22-17(14-27(26-22)18-8-6-5-7-9-18)13-21-23(29)28(15(2)3)24(31)32-21/h5-15H,4H2,1-3H3/b21-13-. The van der Waals surface area contributed by atoms with E-state index in [1.165, 1.54) is 17.8 Å². The first-order chi connectivity index (χ1) is 15.4. The second-order valence-corrected chi connectivity index (χ2v) is 9.11. The summed E-state index contributed by atoms with van der Waals surface area (Å²) in [6, 6.07) is 14.4. The molecule has 1 aliphatic heterocycles. The van der Waals surface area contributed by atoms with Gasteiger partial charge in [0.1, 0.15) is 10.0 Å². The van der Waals surface area contributed by atoms with Gasteiger partial charge in [0.25, 0.3) is 5.91 Å². The molecule has 2 aromatic carbocycles. The van der Waals surface area contributed by atoms with Gasteiger partial charge in [-0.25, -0.2) is 9.07 Å². The van der Waals surface area contributed by atoms with E-state index in [1.807, 2.05) is 50.4 Å². The Hall–Kier alpha value is -2.97. The molecule has 3 aromatic rings. The lowest BCUT2D eigenvalue weighted by Gasteiger charge is -2.18. The second kappa shape index (κ2) is 9.26. The van der Waals surface area contributed by atoms with Gasteiger partial charge >= 0.3 is 0 Å². The zero-order valence-corrected chi connectivity index (χ0v) is 19.5. The Morgan fingerprint density at radius 1 is 1.22 bits per heavy atom. The van der Waals surface area contributed by atoms with Crippen LogP contribution in [0.25, 0.3) is 23.0 Å². The van der Waals surface area contributed by atoms with Crippen molar-refractivity contribution in [3.8, 4) is 22.7 Å². The summed E-state index contributed by atoms with van der Waals surface area (Å²) >= 11 is 6.66. The fourth-order valence-electron chi connectivity index (χ4n) is 3.42. The molecule has 1 saturated heterocycles. The molecule has 32 heavy (non-hydrogen) atoms. The summed E-state index contributed by atoms with van der Waals surface area (Å²) in [7, 11) is 0. The normalized spacial score (nSPS) is 15.3. The number of thiocarbonyl (C=S) groups is 1. The van der Waals surface area contributed by atoms with Gasteiger partial charge in [0, 0.05) is 23.4 Å². The topological polar surface area (TPSA) is 47.4 Å². The van der Waals surface area contributed by atoms with Crippen LogP contribution >= 0.6 is 24.0 Å². The number of rotatable bonds is 6. The molecule has 5 nitrogen and oxygen atoms in total. The lowest BCUT2D eigenvalue weighted by molar-refractivity contribution is -0.123. The monoisotopic (exact) mass is 467 g/mol. The number of para-hydroxylation sites is 1. The van der Waals surface area contributed by atoms with Crippen molar-refractivity contribution in [2.45, 2.75) is 26.8 Å². The maximum absolute atomic E-state index is 14.6. The van der Waals surface area contributed by atoms with Crippen molar-refractivity contribution in [2.24, 2.45) is 0 Å². The van der Waals surface area contributed by atoms with Gasteiger partial charge in [-0.15, -0.1) is 0 Å². The largest absolute Gasteiger partial charge is 0.491 e. The van der Waals surface area contributed by atoms with E-state index in [1.54, 1.807) is 34.7 Å². The van der Waals surface area contributed by atoms with E-state index in [9.17, 15) is 9.18 Å². The molecule has 0 aliphatic carbocycles. The third-order valence-electron chi connectivity index (χ3n) is 4.89. The number of thioether (sulfide) groups is 1. The summed E-state index contributed by atoms with van der Waals surface area (Å²) in [5.74, 6) is -0.403. The Morgan fingerprint density at radius 2 is 1.97 bits per heavy atom. The number of aromatic nitrogens is 2. The SMILES string of the molecule is CCOc1ccc(-c2nn(-c3ccccc3)cc2/C=C2\SC(=S)N(C(C)C)C2=O)cc1F. The van der Waals surface area contributed by atoms with Crippen LogP contribution in [0.3, 0.4) is 0 Å². The molecule has 0 spiro atoms. The Kier molecular flexibility index (Phi) is 6.43. The summed E-state index contributed by atoms with van der Waals surface area (Å²) in [6.45, 7) is 6.03. The molecule has 164 valence electrons. The molecule has 8 heteroatoms. The van der Waals surface area contributed by atoms with Gasteiger partial charge in [-0.05, 0) is 57.2 Å². The van der Waals surface area contributed by atoms with Gasteiger partial charge in [-0.2, -0.15) is 5.10 Å². The highest BCUT2D eigenvalue weighted by atomic mass is 32.2. The molecule has 0 N–H and O–H groups in total. The number of ether oxygens (including phenoxy) is 1. The van der Waals surface area contributed by atoms with Crippen molar-refractivity contribution in [1.29, 1.82) is 0 Å². The first-order valence-electron chi connectivity index (χ1n) is 10.2. The second-order valence-electron chi connectivity index (χ2n) is 7.44. The molecule has 1 aliphatic rings. The maximum atomic E-state index is 14.6. The number of carbonyl (C=O) groups is 1. The van der Waals surface area contributed by atoms with Crippen LogP contribution in [-0.2, 0) is 4.79 Å². The number of hydrogen-bond donors (Lipinski definition) is 0. The van der Waals surface area contributed by atoms with E-state index in [-0.39, 0.29) is 17.7 Å². The molecule has 1 fully saturated rings. The Balaban J connectivity index is 1.81. The van der Waals surface area contributed by atoms with E-state index in [0.717, 1.165) is 5.69 Å². The van der Waals surface area contributed by atoms with E-state index >= 15 is 0 Å². The number of halogens is 1. The van der Waals surface area contributed by atoms with Gasteiger partial charge in [-0.1, -0.05) is 42.2 Å². The van der Waals surface area contributed by atoms with Crippen LogP contribution in [0.5, 0.6) is 5.75 Å². The van der Waals surface area contributed by atoms with Crippen molar-refractivity contribution in [3.63, 3.8) is 0 Å². The summed E-state index contributed by atoms with van der Waals surface area (Å²) < 4.78 is 22.2. The molecule has 0 atom stereocenters. The summed E-state index contributed by atoms with van der Waals surface area (Å²) in [4.78, 5) is 15.0. The number of hydrogen-bond acceptors (Lipinski definition) is 5. The maximum Gasteiger partial charge on any atom is 0.266 e. The van der Waals surface area contributed by atoms with Crippen molar-refractivity contribution >= 4 is 40.3 Å². The minimum Gasteiger partial charge on any atom is -0.491 e. The van der Waals surface area contributed by atoms with E-state index < -0.39 is 5.82 Å². The lowest BCUT2D eigenvalue weighted by atomic mass is 10.1. The highest BCUT2D eigenvalue weighted by Gasteiger charge is 2.34. The molecule has 2 heterocycles. The fraction of sp³-hybridized carbons (Fsp3) is 0.208. The third-order valence-corrected chi connectivity index (χ3v) is 6.23. The molecule has 0 bridgehead atoms. The Labute approximate surface area is 195 Å². The quantitative estimate of drug-likeness (QED) is 0.344. The van der Waals surface area contributed by atoms with E-state index in [4.69, 9.17) is 22.1 Å². The van der Waals surface area contributed by atoms with Crippen molar-refractivity contribution in [2.75, 3.05) is 6.61 Å². The highest BCUT2D eigenvalue weighted by Crippen LogP contribution is 2.36. The van der Waals surface area contributed by atoms with Gasteiger partial charge in [0.15, 0.2) is 11.6 Å². The average molecular weight is 468 g/mol. The predicted octanol–water partition coefficient (Wildman–Crippen LogP) is 5.69. The van der Waals surface area contributed by atoms with Crippen LogP contribution in [0.4, 0.5) is 4.39 Å². The third kappa shape index (κ3) is 4.33. The molecular formula is C24H22FN3O2S2. The van der Waals surface area contributed by atoms with Crippen LogP contribution in [0.1, 0.15) is 26.3 Å².